The van der Waals surface area contributed by atoms with E-state index >= 15 is 0 Å². The number of rotatable bonds is 3. The van der Waals surface area contributed by atoms with Crippen molar-refractivity contribution in [3.63, 3.8) is 0 Å². The Morgan fingerprint density at radius 1 is 0.321 bits per heavy atom. The van der Waals surface area contributed by atoms with Gasteiger partial charge in [0.05, 0.1) is 56.4 Å². The summed E-state index contributed by atoms with van der Waals surface area (Å²) in [7, 11) is 0. The standard InChI is InChI=1S/C50H27N5O/c51-28-30-14-18-45-37(22-30)35-10-4-6-12-43(35)54(45)33-16-20-49-41(24-33)42-25-34(17-21-50(42)56-49)55-44-13-7-5-11-36(44)39-26-40-38-23-31(29-52)15-19-46(38)53(48(40)27-47(39)55)32-8-2-1-3-9-32/h1-27H. The first-order valence-electron chi connectivity index (χ1n) is 18.5. The quantitative estimate of drug-likeness (QED) is 0.183. The van der Waals surface area contributed by atoms with Crippen LogP contribution in [0.5, 0.6) is 0 Å². The highest BCUT2D eigenvalue weighted by Crippen LogP contribution is 2.41. The van der Waals surface area contributed by atoms with Gasteiger partial charge in [-0.2, -0.15) is 10.5 Å². The molecule has 8 aromatic carbocycles. The molecule has 0 amide bonds. The zero-order valence-electron chi connectivity index (χ0n) is 29.7. The molecule has 56 heavy (non-hydrogen) atoms. The third-order valence-corrected chi connectivity index (χ3v) is 11.5. The summed E-state index contributed by atoms with van der Waals surface area (Å²) < 4.78 is 13.4. The van der Waals surface area contributed by atoms with E-state index in [-0.39, 0.29) is 0 Å². The molecular weight excluding hydrogens is 687 g/mol. The molecule has 12 aromatic rings. The van der Waals surface area contributed by atoms with Crippen LogP contribution < -0.4 is 0 Å². The fourth-order valence-electron chi connectivity index (χ4n) is 9.04. The molecule has 0 aliphatic carbocycles. The molecular formula is C50H27N5O. The predicted octanol–water partition coefficient (Wildman–Crippen LogP) is 12.6. The fraction of sp³-hybridized carbons (Fsp3) is 0. The lowest BCUT2D eigenvalue weighted by atomic mass is 10.1. The number of aromatic nitrogens is 3. The molecule has 4 aromatic heterocycles. The summed E-state index contributed by atoms with van der Waals surface area (Å²) in [6, 6.07) is 61.4. The second kappa shape index (κ2) is 11.2. The number of hydrogen-bond donors (Lipinski definition) is 0. The summed E-state index contributed by atoms with van der Waals surface area (Å²) in [4.78, 5) is 0. The van der Waals surface area contributed by atoms with Crippen molar-refractivity contribution >= 4 is 87.4 Å². The lowest BCUT2D eigenvalue weighted by Gasteiger charge is -2.10. The van der Waals surface area contributed by atoms with Crippen LogP contribution in [0.15, 0.2) is 168 Å². The fourth-order valence-corrected chi connectivity index (χ4v) is 9.04. The molecule has 0 atom stereocenters. The molecule has 0 aliphatic heterocycles. The maximum Gasteiger partial charge on any atom is 0.135 e. The van der Waals surface area contributed by atoms with Gasteiger partial charge in [0.25, 0.3) is 0 Å². The molecule has 0 radical (unpaired) electrons. The molecule has 4 heterocycles. The molecule has 0 fully saturated rings. The summed E-state index contributed by atoms with van der Waals surface area (Å²) in [6.45, 7) is 0. The van der Waals surface area contributed by atoms with Crippen LogP contribution in [0.1, 0.15) is 11.1 Å². The predicted molar refractivity (Wildman–Crippen MR) is 226 cm³/mol. The minimum atomic E-state index is 0.641. The van der Waals surface area contributed by atoms with Gasteiger partial charge < -0.3 is 18.1 Å². The molecule has 0 unspecified atom stereocenters. The molecule has 6 nitrogen and oxygen atoms in total. The first-order chi connectivity index (χ1) is 27.7. The molecule has 0 aliphatic rings. The molecule has 258 valence electrons. The normalized spacial score (nSPS) is 11.9. The number of fused-ring (bicyclic) bond motifs is 12. The zero-order valence-corrected chi connectivity index (χ0v) is 29.7. The largest absolute Gasteiger partial charge is 0.456 e. The van der Waals surface area contributed by atoms with Crippen LogP contribution in [-0.2, 0) is 0 Å². The molecule has 0 N–H and O–H groups in total. The average Bonchev–Trinajstić information content (AvgIpc) is 3.98. The number of nitriles is 2. The van der Waals surface area contributed by atoms with E-state index in [1.807, 2.05) is 42.5 Å². The number of furan rings is 1. The van der Waals surface area contributed by atoms with Crippen molar-refractivity contribution in [1.82, 2.24) is 13.7 Å². The number of nitrogens with zero attached hydrogens (tertiary/aromatic N) is 5. The lowest BCUT2D eigenvalue weighted by molar-refractivity contribution is 0.669. The van der Waals surface area contributed by atoms with E-state index in [0.717, 1.165) is 104 Å². The minimum absolute atomic E-state index is 0.641. The third-order valence-electron chi connectivity index (χ3n) is 11.5. The maximum absolute atomic E-state index is 9.85. The van der Waals surface area contributed by atoms with Crippen LogP contribution in [0, 0.1) is 22.7 Å². The van der Waals surface area contributed by atoms with Gasteiger partial charge in [0.1, 0.15) is 11.2 Å². The third kappa shape index (κ3) is 4.13. The number of para-hydroxylation sites is 3. The van der Waals surface area contributed by atoms with Gasteiger partial charge in [-0.25, -0.2) is 0 Å². The van der Waals surface area contributed by atoms with Crippen LogP contribution in [-0.4, -0.2) is 13.7 Å². The Hall–Kier alpha value is -8.06. The van der Waals surface area contributed by atoms with E-state index in [0.29, 0.717) is 11.1 Å². The van der Waals surface area contributed by atoms with Crippen molar-refractivity contribution in [1.29, 1.82) is 10.5 Å². The Bertz CT molecular complexity index is 3730. The summed E-state index contributed by atoms with van der Waals surface area (Å²) >= 11 is 0. The van der Waals surface area contributed by atoms with Gasteiger partial charge in [0, 0.05) is 60.2 Å². The molecule has 0 bridgehead atoms. The van der Waals surface area contributed by atoms with Gasteiger partial charge in [-0.1, -0.05) is 54.6 Å². The Kier molecular flexibility index (Phi) is 6.10. The van der Waals surface area contributed by atoms with Gasteiger partial charge in [0.2, 0.25) is 0 Å². The number of benzene rings is 8. The molecule has 0 saturated carbocycles. The average molecular weight is 714 g/mol. The van der Waals surface area contributed by atoms with Crippen molar-refractivity contribution in [2.45, 2.75) is 0 Å². The smallest absolute Gasteiger partial charge is 0.135 e. The van der Waals surface area contributed by atoms with E-state index in [1.54, 1.807) is 0 Å². The molecule has 0 spiro atoms. The van der Waals surface area contributed by atoms with Crippen LogP contribution in [0.3, 0.4) is 0 Å². The molecule has 12 rings (SSSR count). The Morgan fingerprint density at radius 2 is 0.768 bits per heavy atom. The first-order valence-corrected chi connectivity index (χ1v) is 18.5. The SMILES string of the molecule is N#Cc1ccc2c(c1)c1ccccc1n2-c1ccc2oc3ccc(-n4c5ccccc5c5cc6c7cc(C#N)ccc7n(-c7ccccc7)c6cc54)cc3c2c1. The van der Waals surface area contributed by atoms with E-state index in [4.69, 9.17) is 4.42 Å². The Labute approximate surface area is 319 Å². The maximum atomic E-state index is 9.85. The van der Waals surface area contributed by atoms with Gasteiger partial charge in [-0.05, 0) is 109 Å². The number of hydrogen-bond acceptors (Lipinski definition) is 3. The van der Waals surface area contributed by atoms with Crippen molar-refractivity contribution in [3.05, 3.63) is 175 Å². The van der Waals surface area contributed by atoms with Crippen LogP contribution in [0.4, 0.5) is 0 Å². The van der Waals surface area contributed by atoms with Gasteiger partial charge >= 0.3 is 0 Å². The first kappa shape index (κ1) is 30.4. The molecule has 6 heteroatoms. The second-order valence-corrected chi connectivity index (χ2v) is 14.4. The minimum Gasteiger partial charge on any atom is -0.456 e. The van der Waals surface area contributed by atoms with Crippen LogP contribution in [0.2, 0.25) is 0 Å². The van der Waals surface area contributed by atoms with E-state index in [2.05, 4.69) is 147 Å². The van der Waals surface area contributed by atoms with E-state index in [9.17, 15) is 10.5 Å². The summed E-state index contributed by atoms with van der Waals surface area (Å²) in [5.74, 6) is 0. The highest BCUT2D eigenvalue weighted by molar-refractivity contribution is 6.20. The monoisotopic (exact) mass is 713 g/mol. The van der Waals surface area contributed by atoms with Crippen molar-refractivity contribution in [3.8, 4) is 29.2 Å². The highest BCUT2D eigenvalue weighted by atomic mass is 16.3. The highest BCUT2D eigenvalue weighted by Gasteiger charge is 2.20. The Morgan fingerprint density at radius 3 is 1.34 bits per heavy atom. The van der Waals surface area contributed by atoms with Crippen molar-refractivity contribution in [2.75, 3.05) is 0 Å². The molecule has 0 saturated heterocycles. The summed E-state index contributed by atoms with van der Waals surface area (Å²) in [5, 5.41) is 28.2. The van der Waals surface area contributed by atoms with Crippen molar-refractivity contribution in [2.24, 2.45) is 0 Å². The Balaban J connectivity index is 1.12. The van der Waals surface area contributed by atoms with Crippen LogP contribution >= 0.6 is 0 Å². The second-order valence-electron chi connectivity index (χ2n) is 14.4. The van der Waals surface area contributed by atoms with E-state index < -0.39 is 0 Å². The van der Waals surface area contributed by atoms with Gasteiger partial charge in [-0.15, -0.1) is 0 Å². The van der Waals surface area contributed by atoms with E-state index in [1.165, 1.54) is 0 Å². The zero-order chi connectivity index (χ0) is 37.1. The summed E-state index contributed by atoms with van der Waals surface area (Å²) in [5.41, 5.74) is 12.5. The van der Waals surface area contributed by atoms with Gasteiger partial charge in [0.15, 0.2) is 0 Å². The van der Waals surface area contributed by atoms with Gasteiger partial charge in [-0.3, -0.25) is 0 Å². The lowest BCUT2D eigenvalue weighted by Crippen LogP contribution is -1.96. The van der Waals surface area contributed by atoms with Crippen LogP contribution in [0.25, 0.3) is 104 Å². The van der Waals surface area contributed by atoms with Crippen molar-refractivity contribution < 1.29 is 4.42 Å². The topological polar surface area (TPSA) is 75.5 Å². The summed E-state index contributed by atoms with van der Waals surface area (Å²) in [6.07, 6.45) is 0.